The van der Waals surface area contributed by atoms with E-state index < -0.39 is 4.92 Å². The van der Waals surface area contributed by atoms with Crippen molar-refractivity contribution >= 4 is 17.3 Å². The van der Waals surface area contributed by atoms with Crippen LogP contribution in [0.25, 0.3) is 0 Å². The van der Waals surface area contributed by atoms with Gasteiger partial charge in [0.1, 0.15) is 0 Å². The largest absolute Gasteiger partial charge is 0.302 e. The van der Waals surface area contributed by atoms with Crippen LogP contribution >= 0.6 is 11.6 Å². The highest BCUT2D eigenvalue weighted by molar-refractivity contribution is 6.30. The first-order valence-electron chi connectivity index (χ1n) is 4.22. The van der Waals surface area contributed by atoms with Crippen LogP contribution in [-0.4, -0.2) is 11.5 Å². The monoisotopic (exact) mass is 224 g/mol. The summed E-state index contributed by atoms with van der Waals surface area (Å²) >= 11 is 5.67. The van der Waals surface area contributed by atoms with Crippen molar-refractivity contribution in [3.8, 4) is 12.3 Å². The molecule has 0 unspecified atom stereocenters. The average Bonchev–Trinajstić information content (AvgIpc) is 2.20. The Morgan fingerprint density at radius 2 is 2.33 bits per heavy atom. The van der Waals surface area contributed by atoms with Gasteiger partial charge in [0.05, 0.1) is 11.5 Å². The molecule has 1 aromatic rings. The number of hydrogen-bond donors (Lipinski definition) is 1. The minimum absolute atomic E-state index is 0.00650. The molecule has 0 saturated carbocycles. The van der Waals surface area contributed by atoms with Gasteiger partial charge in [-0.1, -0.05) is 17.5 Å². The Balaban J connectivity index is 2.87. The van der Waals surface area contributed by atoms with Gasteiger partial charge in [-0.15, -0.1) is 6.42 Å². The first-order valence-corrected chi connectivity index (χ1v) is 4.60. The SMILES string of the molecule is C#CCNCc1ccc(Cl)cc1[N+](=O)[O-]. The highest BCUT2D eigenvalue weighted by atomic mass is 35.5. The summed E-state index contributed by atoms with van der Waals surface area (Å²) in [5.41, 5.74) is 0.576. The normalized spacial score (nSPS) is 9.60. The molecule has 1 N–H and O–H groups in total. The lowest BCUT2D eigenvalue weighted by molar-refractivity contribution is -0.385. The van der Waals surface area contributed by atoms with Gasteiger partial charge in [0.15, 0.2) is 0 Å². The summed E-state index contributed by atoms with van der Waals surface area (Å²) in [6, 6.07) is 4.56. The maximum Gasteiger partial charge on any atom is 0.275 e. The van der Waals surface area contributed by atoms with Crippen LogP contribution in [-0.2, 0) is 6.54 Å². The molecule has 0 aliphatic rings. The Hall–Kier alpha value is -1.57. The van der Waals surface area contributed by atoms with E-state index >= 15 is 0 Å². The minimum atomic E-state index is -0.460. The van der Waals surface area contributed by atoms with E-state index in [4.69, 9.17) is 18.0 Å². The van der Waals surface area contributed by atoms with Crippen molar-refractivity contribution in [2.75, 3.05) is 6.54 Å². The maximum absolute atomic E-state index is 10.7. The molecule has 0 atom stereocenters. The molecule has 15 heavy (non-hydrogen) atoms. The van der Waals surface area contributed by atoms with E-state index in [1.54, 1.807) is 12.1 Å². The minimum Gasteiger partial charge on any atom is -0.302 e. The van der Waals surface area contributed by atoms with Crippen molar-refractivity contribution in [1.29, 1.82) is 0 Å². The van der Waals surface area contributed by atoms with Crippen LogP contribution in [0.2, 0.25) is 5.02 Å². The number of benzene rings is 1. The van der Waals surface area contributed by atoms with Gasteiger partial charge in [-0.2, -0.15) is 0 Å². The van der Waals surface area contributed by atoms with E-state index in [1.165, 1.54) is 6.07 Å². The summed E-state index contributed by atoms with van der Waals surface area (Å²) in [4.78, 5) is 10.2. The van der Waals surface area contributed by atoms with Crippen LogP contribution in [0.4, 0.5) is 5.69 Å². The third kappa shape index (κ3) is 3.24. The lowest BCUT2D eigenvalue weighted by Gasteiger charge is -2.03. The van der Waals surface area contributed by atoms with Crippen LogP contribution in [0.3, 0.4) is 0 Å². The number of rotatable bonds is 4. The Morgan fingerprint density at radius 1 is 1.60 bits per heavy atom. The number of nitro benzene ring substituents is 1. The van der Waals surface area contributed by atoms with Crippen molar-refractivity contribution in [3.63, 3.8) is 0 Å². The Bertz CT molecular complexity index is 412. The number of nitrogens with zero attached hydrogens (tertiary/aromatic N) is 1. The molecule has 0 bridgehead atoms. The van der Waals surface area contributed by atoms with Gasteiger partial charge >= 0.3 is 0 Å². The van der Waals surface area contributed by atoms with Gasteiger partial charge in [-0.05, 0) is 12.1 Å². The smallest absolute Gasteiger partial charge is 0.275 e. The Morgan fingerprint density at radius 3 is 2.93 bits per heavy atom. The first-order chi connectivity index (χ1) is 7.15. The van der Waals surface area contributed by atoms with Gasteiger partial charge in [-0.25, -0.2) is 0 Å². The van der Waals surface area contributed by atoms with Crippen LogP contribution < -0.4 is 5.32 Å². The third-order valence-electron chi connectivity index (χ3n) is 1.79. The summed E-state index contributed by atoms with van der Waals surface area (Å²) in [5, 5.41) is 13.9. The first kappa shape index (κ1) is 11.5. The molecule has 0 spiro atoms. The van der Waals surface area contributed by atoms with Crippen LogP contribution in [0, 0.1) is 22.5 Å². The molecule has 1 rings (SSSR count). The van der Waals surface area contributed by atoms with E-state index in [-0.39, 0.29) is 5.69 Å². The highest BCUT2D eigenvalue weighted by Crippen LogP contribution is 2.22. The molecule has 5 heteroatoms. The van der Waals surface area contributed by atoms with E-state index in [1.807, 2.05) is 0 Å². The molecule has 0 saturated heterocycles. The zero-order valence-electron chi connectivity index (χ0n) is 7.87. The molecule has 78 valence electrons. The predicted octanol–water partition coefficient (Wildman–Crippen LogP) is 1.97. The molecular formula is C10H9ClN2O2. The summed E-state index contributed by atoms with van der Waals surface area (Å²) in [5.74, 6) is 2.39. The van der Waals surface area contributed by atoms with Gasteiger partial charge in [0.25, 0.3) is 5.69 Å². The second-order valence-corrected chi connectivity index (χ2v) is 3.27. The molecule has 1 aromatic carbocycles. The molecular weight excluding hydrogens is 216 g/mol. The summed E-state index contributed by atoms with van der Waals surface area (Å²) in [6.45, 7) is 0.734. The molecule has 4 nitrogen and oxygen atoms in total. The van der Waals surface area contributed by atoms with E-state index in [0.717, 1.165) is 0 Å². The third-order valence-corrected chi connectivity index (χ3v) is 2.02. The number of terminal acetylenes is 1. The second-order valence-electron chi connectivity index (χ2n) is 2.84. The van der Waals surface area contributed by atoms with Crippen LogP contribution in [0.5, 0.6) is 0 Å². The van der Waals surface area contributed by atoms with E-state index in [0.29, 0.717) is 23.7 Å². The van der Waals surface area contributed by atoms with E-state index in [2.05, 4.69) is 11.2 Å². The van der Waals surface area contributed by atoms with Gasteiger partial charge in [-0.3, -0.25) is 10.1 Å². The molecule has 0 aliphatic heterocycles. The molecule has 0 amide bonds. The lowest BCUT2D eigenvalue weighted by Crippen LogP contribution is -2.14. The van der Waals surface area contributed by atoms with Crippen molar-refractivity contribution in [1.82, 2.24) is 5.32 Å². The predicted molar refractivity (Wildman–Crippen MR) is 58.6 cm³/mol. The van der Waals surface area contributed by atoms with Gasteiger partial charge in [0, 0.05) is 23.2 Å². The van der Waals surface area contributed by atoms with Crippen molar-refractivity contribution in [2.45, 2.75) is 6.54 Å². The summed E-state index contributed by atoms with van der Waals surface area (Å²) < 4.78 is 0. The Labute approximate surface area is 92.4 Å². The zero-order valence-corrected chi connectivity index (χ0v) is 8.62. The number of halogens is 1. The van der Waals surface area contributed by atoms with Gasteiger partial charge < -0.3 is 5.32 Å². The van der Waals surface area contributed by atoms with Crippen LogP contribution in [0.15, 0.2) is 18.2 Å². The molecule has 0 heterocycles. The zero-order chi connectivity index (χ0) is 11.3. The van der Waals surface area contributed by atoms with Crippen LogP contribution in [0.1, 0.15) is 5.56 Å². The topological polar surface area (TPSA) is 55.2 Å². The second kappa shape index (κ2) is 5.35. The molecule has 0 radical (unpaired) electrons. The summed E-state index contributed by atoms with van der Waals surface area (Å²) in [7, 11) is 0. The van der Waals surface area contributed by atoms with Crippen molar-refractivity contribution in [3.05, 3.63) is 38.9 Å². The van der Waals surface area contributed by atoms with E-state index in [9.17, 15) is 10.1 Å². The number of nitro groups is 1. The molecule has 0 aliphatic carbocycles. The quantitative estimate of drug-likeness (QED) is 0.368. The maximum atomic E-state index is 10.7. The molecule has 0 aromatic heterocycles. The van der Waals surface area contributed by atoms with Crippen molar-refractivity contribution in [2.24, 2.45) is 0 Å². The highest BCUT2D eigenvalue weighted by Gasteiger charge is 2.13. The fourth-order valence-electron chi connectivity index (χ4n) is 1.13. The van der Waals surface area contributed by atoms with Gasteiger partial charge in [0.2, 0.25) is 0 Å². The fourth-order valence-corrected chi connectivity index (χ4v) is 1.29. The summed E-state index contributed by atoms with van der Waals surface area (Å²) in [6.07, 6.45) is 5.05. The number of nitrogens with one attached hydrogen (secondary N) is 1. The lowest BCUT2D eigenvalue weighted by atomic mass is 10.2. The number of hydrogen-bond acceptors (Lipinski definition) is 3. The molecule has 0 fully saturated rings. The Kier molecular flexibility index (Phi) is 4.10. The standard InChI is InChI=1S/C10H9ClN2O2/c1-2-5-12-7-8-3-4-9(11)6-10(8)13(14)15/h1,3-4,6,12H,5,7H2. The fraction of sp³-hybridized carbons (Fsp3) is 0.200. The van der Waals surface area contributed by atoms with Crippen molar-refractivity contribution < 1.29 is 4.92 Å². The average molecular weight is 225 g/mol.